The highest BCUT2D eigenvalue weighted by molar-refractivity contribution is 6.00. The lowest BCUT2D eigenvalue weighted by Gasteiger charge is -2.01. The van der Waals surface area contributed by atoms with Gasteiger partial charge >= 0.3 is 0 Å². The van der Waals surface area contributed by atoms with Crippen LogP contribution in [0, 0.1) is 11.8 Å². The number of hydrogen-bond donors (Lipinski definition) is 1. The van der Waals surface area contributed by atoms with E-state index in [-0.39, 0.29) is 24.2 Å². The maximum absolute atomic E-state index is 11.3. The molecule has 3 heteroatoms. The van der Waals surface area contributed by atoms with E-state index in [1.807, 2.05) is 6.08 Å². The van der Waals surface area contributed by atoms with Crippen molar-refractivity contribution in [1.29, 1.82) is 0 Å². The number of aliphatic hydroxyl groups excluding tert-OH is 1. The summed E-state index contributed by atoms with van der Waals surface area (Å²) in [6.07, 6.45) is 1.85. The standard InChI is InChI=1S/C8H10O3/c9-2-5-1-6-3-11-4-7(6)8(5)10/h1,6-7,9H,2-4H2/t6-,7-/m1/s1. The van der Waals surface area contributed by atoms with Gasteiger partial charge in [0.2, 0.25) is 0 Å². The third-order valence-electron chi connectivity index (χ3n) is 2.36. The first kappa shape index (κ1) is 7.00. The first-order valence-corrected chi connectivity index (χ1v) is 3.76. The summed E-state index contributed by atoms with van der Waals surface area (Å²) in [6, 6.07) is 0. The second-order valence-electron chi connectivity index (χ2n) is 3.02. The highest BCUT2D eigenvalue weighted by atomic mass is 16.5. The van der Waals surface area contributed by atoms with Crippen molar-refractivity contribution >= 4 is 5.78 Å². The molecule has 60 valence electrons. The van der Waals surface area contributed by atoms with Gasteiger partial charge in [-0.25, -0.2) is 0 Å². The molecule has 0 aromatic carbocycles. The van der Waals surface area contributed by atoms with Crippen molar-refractivity contribution in [2.45, 2.75) is 0 Å². The highest BCUT2D eigenvalue weighted by Gasteiger charge is 2.39. The van der Waals surface area contributed by atoms with Gasteiger partial charge in [-0.2, -0.15) is 0 Å². The van der Waals surface area contributed by atoms with Gasteiger partial charge in [0.15, 0.2) is 5.78 Å². The van der Waals surface area contributed by atoms with E-state index < -0.39 is 0 Å². The van der Waals surface area contributed by atoms with Crippen LogP contribution in [0.15, 0.2) is 11.6 Å². The third-order valence-corrected chi connectivity index (χ3v) is 2.36. The number of carbonyl (C=O) groups is 1. The Morgan fingerprint density at radius 3 is 3.09 bits per heavy atom. The predicted octanol–water partition coefficient (Wildman–Crippen LogP) is -0.250. The number of ketones is 1. The zero-order valence-electron chi connectivity index (χ0n) is 6.12. The van der Waals surface area contributed by atoms with Gasteiger partial charge in [-0.05, 0) is 0 Å². The van der Waals surface area contributed by atoms with E-state index in [1.165, 1.54) is 0 Å². The molecule has 2 atom stereocenters. The Labute approximate surface area is 64.7 Å². The normalized spacial score (nSPS) is 35.7. The van der Waals surface area contributed by atoms with E-state index in [2.05, 4.69) is 0 Å². The van der Waals surface area contributed by atoms with E-state index in [1.54, 1.807) is 0 Å². The molecule has 1 heterocycles. The molecule has 3 nitrogen and oxygen atoms in total. The Kier molecular flexibility index (Phi) is 1.55. The van der Waals surface area contributed by atoms with Gasteiger partial charge in [-0.1, -0.05) is 6.08 Å². The average Bonchev–Trinajstić information content (AvgIpc) is 2.53. The monoisotopic (exact) mass is 154 g/mol. The maximum Gasteiger partial charge on any atom is 0.166 e. The Morgan fingerprint density at radius 2 is 2.45 bits per heavy atom. The van der Waals surface area contributed by atoms with Crippen LogP contribution >= 0.6 is 0 Å². The minimum absolute atomic E-state index is 0.0112. The molecule has 1 N–H and O–H groups in total. The fourth-order valence-electron chi connectivity index (χ4n) is 1.71. The number of rotatable bonds is 1. The minimum atomic E-state index is -0.119. The van der Waals surface area contributed by atoms with E-state index in [9.17, 15) is 4.79 Å². The second kappa shape index (κ2) is 2.43. The van der Waals surface area contributed by atoms with Gasteiger partial charge in [-0.3, -0.25) is 4.79 Å². The molecular weight excluding hydrogens is 144 g/mol. The van der Waals surface area contributed by atoms with E-state index in [0.717, 1.165) is 0 Å². The van der Waals surface area contributed by atoms with Crippen LogP contribution in [-0.2, 0) is 9.53 Å². The largest absolute Gasteiger partial charge is 0.392 e. The molecule has 11 heavy (non-hydrogen) atoms. The fourth-order valence-corrected chi connectivity index (χ4v) is 1.71. The smallest absolute Gasteiger partial charge is 0.166 e. The summed E-state index contributed by atoms with van der Waals surface area (Å²) in [5.41, 5.74) is 0.573. The zero-order chi connectivity index (χ0) is 7.84. The molecule has 2 rings (SSSR count). The first-order chi connectivity index (χ1) is 5.33. The average molecular weight is 154 g/mol. The number of ether oxygens (including phenoxy) is 1. The van der Waals surface area contributed by atoms with Gasteiger partial charge in [0, 0.05) is 11.5 Å². The molecule has 0 spiro atoms. The molecule has 1 aliphatic heterocycles. The summed E-state index contributed by atoms with van der Waals surface area (Å²) < 4.78 is 5.13. The number of aliphatic hydroxyl groups is 1. The van der Waals surface area contributed by atoms with Crippen molar-refractivity contribution in [3.05, 3.63) is 11.6 Å². The Hall–Kier alpha value is -0.670. The van der Waals surface area contributed by atoms with Crippen LogP contribution in [-0.4, -0.2) is 30.7 Å². The number of fused-ring (bicyclic) bond motifs is 1. The summed E-state index contributed by atoms with van der Waals surface area (Å²) in [5, 5.41) is 8.76. The van der Waals surface area contributed by atoms with Gasteiger partial charge in [0.1, 0.15) is 0 Å². The SMILES string of the molecule is O=C1C(CO)=C[C@@H]2COC[C@@H]12. The molecule has 0 unspecified atom stereocenters. The molecule has 0 aromatic rings. The van der Waals surface area contributed by atoms with Gasteiger partial charge < -0.3 is 9.84 Å². The molecule has 2 aliphatic rings. The van der Waals surface area contributed by atoms with Crippen LogP contribution in [0.4, 0.5) is 0 Å². The molecular formula is C8H10O3. The quantitative estimate of drug-likeness (QED) is 0.566. The van der Waals surface area contributed by atoms with E-state index >= 15 is 0 Å². The lowest BCUT2D eigenvalue weighted by atomic mass is 9.99. The van der Waals surface area contributed by atoms with Gasteiger partial charge in [0.05, 0.1) is 25.7 Å². The van der Waals surface area contributed by atoms with Crippen molar-refractivity contribution < 1.29 is 14.6 Å². The third kappa shape index (κ3) is 0.921. The summed E-state index contributed by atoms with van der Waals surface area (Å²) >= 11 is 0. The molecule has 1 aliphatic carbocycles. The number of hydrogen-bond acceptors (Lipinski definition) is 3. The molecule has 1 fully saturated rings. The molecule has 0 bridgehead atoms. The Bertz CT molecular complexity index is 219. The maximum atomic E-state index is 11.3. The second-order valence-corrected chi connectivity index (χ2v) is 3.02. The lowest BCUT2D eigenvalue weighted by Crippen LogP contribution is -2.16. The molecule has 0 saturated carbocycles. The lowest BCUT2D eigenvalue weighted by molar-refractivity contribution is -0.119. The van der Waals surface area contributed by atoms with Crippen molar-refractivity contribution in [2.75, 3.05) is 19.8 Å². The molecule has 0 amide bonds. The minimum Gasteiger partial charge on any atom is -0.392 e. The molecule has 0 radical (unpaired) electrons. The Balaban J connectivity index is 2.22. The topological polar surface area (TPSA) is 46.5 Å². The van der Waals surface area contributed by atoms with Crippen molar-refractivity contribution in [1.82, 2.24) is 0 Å². The van der Waals surface area contributed by atoms with Crippen molar-refractivity contribution in [3.8, 4) is 0 Å². The molecule has 1 saturated heterocycles. The van der Waals surface area contributed by atoms with E-state index in [4.69, 9.17) is 9.84 Å². The Morgan fingerprint density at radius 1 is 1.64 bits per heavy atom. The van der Waals surface area contributed by atoms with E-state index in [0.29, 0.717) is 18.8 Å². The summed E-state index contributed by atoms with van der Waals surface area (Å²) in [4.78, 5) is 11.3. The fraction of sp³-hybridized carbons (Fsp3) is 0.625. The van der Waals surface area contributed by atoms with Gasteiger partial charge in [0.25, 0.3) is 0 Å². The number of carbonyl (C=O) groups excluding carboxylic acids is 1. The summed E-state index contributed by atoms with van der Waals surface area (Å²) in [5.74, 6) is 0.330. The van der Waals surface area contributed by atoms with Crippen LogP contribution in [0.1, 0.15) is 0 Å². The predicted molar refractivity (Wildman–Crippen MR) is 38.0 cm³/mol. The first-order valence-electron chi connectivity index (χ1n) is 3.76. The van der Waals surface area contributed by atoms with Crippen LogP contribution in [0.3, 0.4) is 0 Å². The van der Waals surface area contributed by atoms with Crippen LogP contribution in [0.2, 0.25) is 0 Å². The van der Waals surface area contributed by atoms with Crippen molar-refractivity contribution in [3.63, 3.8) is 0 Å². The highest BCUT2D eigenvalue weighted by Crippen LogP contribution is 2.32. The van der Waals surface area contributed by atoms with Crippen LogP contribution in [0.5, 0.6) is 0 Å². The van der Waals surface area contributed by atoms with Crippen LogP contribution in [0.25, 0.3) is 0 Å². The summed E-state index contributed by atoms with van der Waals surface area (Å²) in [7, 11) is 0. The number of Topliss-reactive ketones (excluding diaryl/α,β-unsaturated/α-hetero) is 1. The van der Waals surface area contributed by atoms with Crippen LogP contribution < -0.4 is 0 Å². The van der Waals surface area contributed by atoms with Gasteiger partial charge in [-0.15, -0.1) is 0 Å². The van der Waals surface area contributed by atoms with Crippen molar-refractivity contribution in [2.24, 2.45) is 11.8 Å². The summed E-state index contributed by atoms with van der Waals surface area (Å²) in [6.45, 7) is 1.05. The zero-order valence-corrected chi connectivity index (χ0v) is 6.12. The molecule has 0 aromatic heterocycles.